The molecule has 0 radical (unpaired) electrons. The van der Waals surface area contributed by atoms with E-state index < -0.39 is 0 Å². The van der Waals surface area contributed by atoms with Gasteiger partial charge in [0.2, 0.25) is 0 Å². The van der Waals surface area contributed by atoms with Gasteiger partial charge in [-0.3, -0.25) is 0 Å². The first kappa shape index (κ1) is 14.9. The number of nitrogens with one attached hydrogen (secondary N) is 1. The standard InChI is InChI=1S/C13H29NO/c1-6-8-13(5,11-14-7-2)9-10-15-12(3)4/h12,14H,6-11H2,1-5H3. The molecular weight excluding hydrogens is 186 g/mol. The van der Waals surface area contributed by atoms with Crippen LogP contribution in [0.3, 0.4) is 0 Å². The van der Waals surface area contributed by atoms with Gasteiger partial charge in [0.15, 0.2) is 0 Å². The highest BCUT2D eigenvalue weighted by Crippen LogP contribution is 2.26. The number of ether oxygens (including phenoxy) is 1. The van der Waals surface area contributed by atoms with Crippen molar-refractivity contribution in [3.63, 3.8) is 0 Å². The summed E-state index contributed by atoms with van der Waals surface area (Å²) in [5.41, 5.74) is 0.402. The summed E-state index contributed by atoms with van der Waals surface area (Å²) < 4.78 is 5.64. The molecule has 0 aromatic heterocycles. The van der Waals surface area contributed by atoms with E-state index in [4.69, 9.17) is 4.74 Å². The summed E-state index contributed by atoms with van der Waals surface area (Å²) in [6.45, 7) is 14.0. The smallest absolute Gasteiger partial charge is 0.0518 e. The first-order chi connectivity index (χ1) is 7.04. The third kappa shape index (κ3) is 7.80. The molecule has 2 nitrogen and oxygen atoms in total. The van der Waals surface area contributed by atoms with E-state index in [2.05, 4.69) is 39.9 Å². The minimum atomic E-state index is 0.356. The van der Waals surface area contributed by atoms with Crippen molar-refractivity contribution in [2.75, 3.05) is 19.7 Å². The molecule has 2 heteroatoms. The molecule has 0 aromatic rings. The van der Waals surface area contributed by atoms with Crippen LogP contribution in [0, 0.1) is 5.41 Å². The molecule has 0 aromatic carbocycles. The van der Waals surface area contributed by atoms with E-state index >= 15 is 0 Å². The maximum Gasteiger partial charge on any atom is 0.0518 e. The highest BCUT2D eigenvalue weighted by Gasteiger charge is 2.22. The Bertz CT molecular complexity index is 147. The van der Waals surface area contributed by atoms with Crippen LogP contribution in [0.2, 0.25) is 0 Å². The molecule has 0 aliphatic heterocycles. The van der Waals surface area contributed by atoms with Gasteiger partial charge >= 0.3 is 0 Å². The van der Waals surface area contributed by atoms with Crippen LogP contribution < -0.4 is 5.32 Å². The first-order valence-electron chi connectivity index (χ1n) is 6.36. The molecule has 0 spiro atoms. The Hall–Kier alpha value is -0.0800. The minimum absolute atomic E-state index is 0.356. The SMILES string of the molecule is CCCC(C)(CCOC(C)C)CNCC. The van der Waals surface area contributed by atoms with E-state index in [0.717, 1.165) is 26.1 Å². The van der Waals surface area contributed by atoms with Gasteiger partial charge in [-0.05, 0) is 38.6 Å². The maximum atomic E-state index is 5.64. The molecule has 0 bridgehead atoms. The van der Waals surface area contributed by atoms with Crippen LogP contribution >= 0.6 is 0 Å². The quantitative estimate of drug-likeness (QED) is 0.637. The highest BCUT2D eigenvalue weighted by atomic mass is 16.5. The van der Waals surface area contributed by atoms with Crippen molar-refractivity contribution in [3.05, 3.63) is 0 Å². The largest absolute Gasteiger partial charge is 0.379 e. The lowest BCUT2D eigenvalue weighted by Gasteiger charge is -2.30. The van der Waals surface area contributed by atoms with Gasteiger partial charge in [0.05, 0.1) is 6.10 Å². The van der Waals surface area contributed by atoms with Crippen molar-refractivity contribution in [3.8, 4) is 0 Å². The third-order valence-electron chi connectivity index (χ3n) is 2.81. The van der Waals surface area contributed by atoms with E-state index in [1.54, 1.807) is 0 Å². The lowest BCUT2D eigenvalue weighted by atomic mass is 9.82. The second-order valence-electron chi connectivity index (χ2n) is 5.01. The summed E-state index contributed by atoms with van der Waals surface area (Å²) in [5, 5.41) is 3.46. The lowest BCUT2D eigenvalue weighted by Crippen LogP contribution is -2.33. The zero-order chi connectivity index (χ0) is 11.7. The summed E-state index contributed by atoms with van der Waals surface area (Å²) >= 11 is 0. The third-order valence-corrected chi connectivity index (χ3v) is 2.81. The normalized spacial score (nSPS) is 15.6. The van der Waals surface area contributed by atoms with Crippen molar-refractivity contribution in [2.45, 2.75) is 60.0 Å². The fourth-order valence-corrected chi connectivity index (χ4v) is 1.87. The van der Waals surface area contributed by atoms with Crippen molar-refractivity contribution >= 4 is 0 Å². The Morgan fingerprint density at radius 2 is 1.87 bits per heavy atom. The number of rotatable bonds is 9. The molecule has 0 amide bonds. The summed E-state index contributed by atoms with van der Waals surface area (Å²) in [6, 6.07) is 0. The minimum Gasteiger partial charge on any atom is -0.379 e. The monoisotopic (exact) mass is 215 g/mol. The number of hydrogen-bond acceptors (Lipinski definition) is 2. The van der Waals surface area contributed by atoms with E-state index in [1.807, 2.05) is 0 Å². The van der Waals surface area contributed by atoms with E-state index in [0.29, 0.717) is 11.5 Å². The molecule has 1 N–H and O–H groups in total. The molecule has 1 unspecified atom stereocenters. The van der Waals surface area contributed by atoms with Crippen LogP contribution in [0.5, 0.6) is 0 Å². The molecule has 0 heterocycles. The number of hydrogen-bond donors (Lipinski definition) is 1. The van der Waals surface area contributed by atoms with Crippen LogP contribution in [0.15, 0.2) is 0 Å². The molecule has 15 heavy (non-hydrogen) atoms. The van der Waals surface area contributed by atoms with Crippen LogP contribution in [-0.4, -0.2) is 25.8 Å². The van der Waals surface area contributed by atoms with Gasteiger partial charge in [-0.25, -0.2) is 0 Å². The average Bonchev–Trinajstić information content (AvgIpc) is 2.15. The Balaban J connectivity index is 3.89. The highest BCUT2D eigenvalue weighted by molar-refractivity contribution is 4.76. The first-order valence-corrected chi connectivity index (χ1v) is 6.36. The van der Waals surface area contributed by atoms with E-state index in [9.17, 15) is 0 Å². The van der Waals surface area contributed by atoms with Crippen LogP contribution in [0.25, 0.3) is 0 Å². The van der Waals surface area contributed by atoms with Gasteiger partial charge in [0.1, 0.15) is 0 Å². The summed E-state index contributed by atoms with van der Waals surface area (Å²) in [7, 11) is 0. The van der Waals surface area contributed by atoms with Gasteiger partial charge in [0, 0.05) is 13.2 Å². The van der Waals surface area contributed by atoms with Crippen molar-refractivity contribution < 1.29 is 4.74 Å². The van der Waals surface area contributed by atoms with Gasteiger partial charge in [0.25, 0.3) is 0 Å². The second-order valence-corrected chi connectivity index (χ2v) is 5.01. The topological polar surface area (TPSA) is 21.3 Å². The molecule has 0 aliphatic rings. The van der Waals surface area contributed by atoms with Crippen molar-refractivity contribution in [2.24, 2.45) is 5.41 Å². The van der Waals surface area contributed by atoms with E-state index in [1.165, 1.54) is 12.8 Å². The van der Waals surface area contributed by atoms with Gasteiger partial charge in [-0.15, -0.1) is 0 Å². The molecule has 1 atom stereocenters. The van der Waals surface area contributed by atoms with Crippen molar-refractivity contribution in [1.29, 1.82) is 0 Å². The Morgan fingerprint density at radius 1 is 1.20 bits per heavy atom. The zero-order valence-corrected chi connectivity index (χ0v) is 11.2. The molecule has 0 saturated heterocycles. The van der Waals surface area contributed by atoms with Crippen molar-refractivity contribution in [1.82, 2.24) is 5.32 Å². The Kier molecular flexibility index (Phi) is 8.07. The Labute approximate surface area is 95.8 Å². The van der Waals surface area contributed by atoms with Gasteiger partial charge in [-0.1, -0.05) is 27.2 Å². The lowest BCUT2D eigenvalue weighted by molar-refractivity contribution is 0.0520. The predicted molar refractivity (Wildman–Crippen MR) is 67.3 cm³/mol. The fourth-order valence-electron chi connectivity index (χ4n) is 1.87. The Morgan fingerprint density at radius 3 is 2.33 bits per heavy atom. The average molecular weight is 215 g/mol. The maximum absolute atomic E-state index is 5.64. The van der Waals surface area contributed by atoms with Crippen LogP contribution in [-0.2, 0) is 4.74 Å². The summed E-state index contributed by atoms with van der Waals surface area (Å²) in [4.78, 5) is 0. The van der Waals surface area contributed by atoms with E-state index in [-0.39, 0.29) is 0 Å². The molecule has 0 aliphatic carbocycles. The molecular formula is C13H29NO. The summed E-state index contributed by atoms with van der Waals surface area (Å²) in [5.74, 6) is 0. The fraction of sp³-hybridized carbons (Fsp3) is 1.00. The molecule has 0 rings (SSSR count). The van der Waals surface area contributed by atoms with Gasteiger partial charge in [-0.2, -0.15) is 0 Å². The zero-order valence-electron chi connectivity index (χ0n) is 11.2. The van der Waals surface area contributed by atoms with Crippen LogP contribution in [0.1, 0.15) is 53.9 Å². The predicted octanol–water partition coefficient (Wildman–Crippen LogP) is 3.22. The molecule has 92 valence electrons. The van der Waals surface area contributed by atoms with Crippen LogP contribution in [0.4, 0.5) is 0 Å². The van der Waals surface area contributed by atoms with Gasteiger partial charge < -0.3 is 10.1 Å². The molecule has 0 fully saturated rings. The summed E-state index contributed by atoms with van der Waals surface area (Å²) in [6.07, 6.45) is 4.05. The molecule has 0 saturated carbocycles. The second kappa shape index (κ2) is 8.12.